The normalized spacial score (nSPS) is 12.6. The van der Waals surface area contributed by atoms with Crippen LogP contribution in [0, 0.1) is 0 Å². The minimum Gasteiger partial charge on any atom is -0.397 e. The Morgan fingerprint density at radius 3 is 3.06 bits per heavy atom. The maximum absolute atomic E-state index is 12.1. The number of hydrogen-bond acceptors (Lipinski definition) is 4. The van der Waals surface area contributed by atoms with Crippen LogP contribution in [-0.4, -0.2) is 16.9 Å². The van der Waals surface area contributed by atoms with Gasteiger partial charge in [0.15, 0.2) is 0 Å². The van der Waals surface area contributed by atoms with Gasteiger partial charge in [-0.3, -0.25) is 4.79 Å². The molecule has 96 valence electrons. The van der Waals surface area contributed by atoms with Crippen molar-refractivity contribution in [3.8, 4) is 0 Å². The van der Waals surface area contributed by atoms with Crippen molar-refractivity contribution in [1.29, 1.82) is 0 Å². The van der Waals surface area contributed by atoms with E-state index >= 15 is 0 Å². The zero-order valence-electron chi connectivity index (χ0n) is 10.6. The third-order valence-corrected chi connectivity index (χ3v) is 3.94. The number of carbonyl (C=O) groups excluding carboxylic acids is 1. The number of hydrogen-bond donors (Lipinski definition) is 2. The molecular weight excluding hydrogens is 246 g/mol. The van der Waals surface area contributed by atoms with Crippen molar-refractivity contribution in [1.82, 2.24) is 10.3 Å². The molecule has 5 heteroatoms. The second-order valence-corrected chi connectivity index (χ2v) is 5.36. The lowest BCUT2D eigenvalue weighted by Gasteiger charge is -2.11. The SMILES string of the molecule is CCCC(C)NC(=O)c1sc2ncccc2c1N. The predicted molar refractivity (Wildman–Crippen MR) is 75.9 cm³/mol. The van der Waals surface area contributed by atoms with Crippen LogP contribution >= 0.6 is 11.3 Å². The molecule has 0 bridgehead atoms. The van der Waals surface area contributed by atoms with Crippen LogP contribution in [0.3, 0.4) is 0 Å². The van der Waals surface area contributed by atoms with E-state index in [2.05, 4.69) is 17.2 Å². The van der Waals surface area contributed by atoms with E-state index in [-0.39, 0.29) is 11.9 Å². The summed E-state index contributed by atoms with van der Waals surface area (Å²) < 4.78 is 0. The van der Waals surface area contributed by atoms with Crippen molar-refractivity contribution in [3.05, 3.63) is 23.2 Å². The van der Waals surface area contributed by atoms with Gasteiger partial charge in [-0.05, 0) is 25.5 Å². The predicted octanol–water partition coefficient (Wildman–Crippen LogP) is 2.80. The molecule has 3 N–H and O–H groups in total. The molecule has 0 aliphatic rings. The molecule has 0 aromatic carbocycles. The first-order chi connectivity index (χ1) is 8.63. The lowest BCUT2D eigenvalue weighted by molar-refractivity contribution is 0.0943. The quantitative estimate of drug-likeness (QED) is 0.891. The number of nitrogen functional groups attached to an aromatic ring is 1. The van der Waals surface area contributed by atoms with Crippen molar-refractivity contribution in [2.75, 3.05) is 5.73 Å². The van der Waals surface area contributed by atoms with Gasteiger partial charge in [0.05, 0.1) is 5.69 Å². The Morgan fingerprint density at radius 2 is 2.39 bits per heavy atom. The van der Waals surface area contributed by atoms with Gasteiger partial charge >= 0.3 is 0 Å². The van der Waals surface area contributed by atoms with Gasteiger partial charge in [-0.2, -0.15) is 0 Å². The average Bonchev–Trinajstić information content (AvgIpc) is 2.68. The highest BCUT2D eigenvalue weighted by Gasteiger charge is 2.17. The summed E-state index contributed by atoms with van der Waals surface area (Å²) in [7, 11) is 0. The molecule has 1 atom stereocenters. The van der Waals surface area contributed by atoms with E-state index in [1.165, 1.54) is 11.3 Å². The Morgan fingerprint density at radius 1 is 1.61 bits per heavy atom. The summed E-state index contributed by atoms with van der Waals surface area (Å²) in [6.07, 6.45) is 3.72. The highest BCUT2D eigenvalue weighted by atomic mass is 32.1. The molecule has 0 spiro atoms. The van der Waals surface area contributed by atoms with E-state index in [0.29, 0.717) is 10.6 Å². The lowest BCUT2D eigenvalue weighted by atomic mass is 10.2. The molecule has 4 nitrogen and oxygen atoms in total. The molecule has 0 aliphatic heterocycles. The van der Waals surface area contributed by atoms with Crippen LogP contribution in [0.15, 0.2) is 18.3 Å². The number of nitrogens with one attached hydrogen (secondary N) is 1. The van der Waals surface area contributed by atoms with Crippen LogP contribution in [0.25, 0.3) is 10.2 Å². The Kier molecular flexibility index (Phi) is 3.81. The third kappa shape index (κ3) is 2.46. The highest BCUT2D eigenvalue weighted by Crippen LogP contribution is 2.31. The van der Waals surface area contributed by atoms with Gasteiger partial charge in [0.25, 0.3) is 5.91 Å². The number of nitrogens with two attached hydrogens (primary N) is 1. The van der Waals surface area contributed by atoms with E-state index in [9.17, 15) is 4.79 Å². The van der Waals surface area contributed by atoms with E-state index in [1.807, 2.05) is 19.1 Å². The Balaban J connectivity index is 2.25. The van der Waals surface area contributed by atoms with Crippen molar-refractivity contribution in [2.45, 2.75) is 32.7 Å². The monoisotopic (exact) mass is 263 g/mol. The smallest absolute Gasteiger partial charge is 0.263 e. The molecule has 2 heterocycles. The maximum atomic E-state index is 12.1. The summed E-state index contributed by atoms with van der Waals surface area (Å²) in [4.78, 5) is 17.7. The zero-order valence-corrected chi connectivity index (χ0v) is 11.4. The zero-order chi connectivity index (χ0) is 13.1. The number of rotatable bonds is 4. The molecule has 1 unspecified atom stereocenters. The number of aromatic nitrogens is 1. The third-order valence-electron chi connectivity index (χ3n) is 2.81. The number of amides is 1. The molecule has 2 aromatic heterocycles. The van der Waals surface area contributed by atoms with E-state index in [4.69, 9.17) is 5.73 Å². The van der Waals surface area contributed by atoms with E-state index < -0.39 is 0 Å². The van der Waals surface area contributed by atoms with Gasteiger partial charge in [0, 0.05) is 17.6 Å². The molecule has 1 amide bonds. The molecule has 0 saturated carbocycles. The second kappa shape index (κ2) is 5.35. The maximum Gasteiger partial charge on any atom is 0.263 e. The van der Waals surface area contributed by atoms with Gasteiger partial charge in [-0.25, -0.2) is 4.98 Å². The molecule has 2 rings (SSSR count). The Hall–Kier alpha value is -1.62. The molecular formula is C13H17N3OS. The van der Waals surface area contributed by atoms with Gasteiger partial charge in [0.2, 0.25) is 0 Å². The van der Waals surface area contributed by atoms with Gasteiger partial charge in [0.1, 0.15) is 9.71 Å². The number of nitrogens with zero attached hydrogens (tertiary/aromatic N) is 1. The summed E-state index contributed by atoms with van der Waals surface area (Å²) in [5, 5.41) is 3.82. The van der Waals surface area contributed by atoms with Crippen LogP contribution in [0.5, 0.6) is 0 Å². The molecule has 18 heavy (non-hydrogen) atoms. The fourth-order valence-corrected chi connectivity index (χ4v) is 2.88. The number of carbonyl (C=O) groups is 1. The largest absolute Gasteiger partial charge is 0.397 e. The summed E-state index contributed by atoms with van der Waals surface area (Å²) in [5.41, 5.74) is 6.53. The number of thiophene rings is 1. The molecule has 0 saturated heterocycles. The van der Waals surface area contributed by atoms with Gasteiger partial charge in [-0.15, -0.1) is 11.3 Å². The van der Waals surface area contributed by atoms with E-state index in [1.54, 1.807) is 6.20 Å². The minimum absolute atomic E-state index is 0.101. The van der Waals surface area contributed by atoms with Crippen LogP contribution in [0.4, 0.5) is 5.69 Å². The van der Waals surface area contributed by atoms with Crippen LogP contribution < -0.4 is 11.1 Å². The van der Waals surface area contributed by atoms with E-state index in [0.717, 1.165) is 23.1 Å². The highest BCUT2D eigenvalue weighted by molar-refractivity contribution is 7.21. The van der Waals surface area contributed by atoms with Crippen LogP contribution in [0.2, 0.25) is 0 Å². The minimum atomic E-state index is -0.101. The summed E-state index contributed by atoms with van der Waals surface area (Å²) in [5.74, 6) is -0.101. The Bertz CT molecular complexity index is 564. The standard InChI is InChI=1S/C13H17N3OS/c1-3-5-8(2)16-12(17)11-10(14)9-6-4-7-15-13(9)18-11/h4,6-8H,3,5,14H2,1-2H3,(H,16,17). The molecule has 2 aromatic rings. The van der Waals surface area contributed by atoms with Crippen molar-refractivity contribution in [2.24, 2.45) is 0 Å². The number of anilines is 1. The Labute approximate surface area is 110 Å². The summed E-state index contributed by atoms with van der Waals surface area (Å²) >= 11 is 1.34. The second-order valence-electron chi connectivity index (χ2n) is 4.36. The topological polar surface area (TPSA) is 68.0 Å². The number of pyridine rings is 1. The molecule has 0 aliphatic carbocycles. The summed E-state index contributed by atoms with van der Waals surface area (Å²) in [6.45, 7) is 4.10. The van der Waals surface area contributed by atoms with Crippen molar-refractivity contribution >= 4 is 33.1 Å². The first-order valence-electron chi connectivity index (χ1n) is 6.07. The first-order valence-corrected chi connectivity index (χ1v) is 6.89. The fraction of sp³-hybridized carbons (Fsp3) is 0.385. The van der Waals surface area contributed by atoms with Crippen molar-refractivity contribution in [3.63, 3.8) is 0 Å². The fourth-order valence-electron chi connectivity index (χ4n) is 1.91. The lowest BCUT2D eigenvalue weighted by Crippen LogP contribution is -2.32. The van der Waals surface area contributed by atoms with Crippen LogP contribution in [0.1, 0.15) is 36.4 Å². The van der Waals surface area contributed by atoms with Crippen LogP contribution in [-0.2, 0) is 0 Å². The molecule has 0 radical (unpaired) electrons. The van der Waals surface area contributed by atoms with Crippen molar-refractivity contribution < 1.29 is 4.79 Å². The molecule has 0 fully saturated rings. The summed E-state index contributed by atoms with van der Waals surface area (Å²) in [6, 6.07) is 3.88. The first kappa shape index (κ1) is 12.8. The number of fused-ring (bicyclic) bond motifs is 1. The van der Waals surface area contributed by atoms with Gasteiger partial charge < -0.3 is 11.1 Å². The average molecular weight is 263 g/mol. The van der Waals surface area contributed by atoms with Gasteiger partial charge in [-0.1, -0.05) is 13.3 Å².